The summed E-state index contributed by atoms with van der Waals surface area (Å²) in [7, 11) is 3.62. The van der Waals surface area contributed by atoms with Gasteiger partial charge in [0, 0.05) is 32.7 Å². The first-order valence-electron chi connectivity index (χ1n) is 5.76. The molecule has 7 nitrogen and oxygen atoms in total. The highest BCUT2D eigenvalue weighted by Crippen LogP contribution is 2.08. The van der Waals surface area contributed by atoms with Gasteiger partial charge < -0.3 is 14.9 Å². The Hall–Kier alpha value is -2.41. The van der Waals surface area contributed by atoms with Crippen LogP contribution < -0.4 is 11.3 Å². The van der Waals surface area contributed by atoms with Crippen LogP contribution in [0.2, 0.25) is 0 Å². The molecule has 0 aliphatic heterocycles. The van der Waals surface area contributed by atoms with Crippen molar-refractivity contribution in [2.75, 3.05) is 12.5 Å². The van der Waals surface area contributed by atoms with Crippen molar-refractivity contribution in [2.45, 2.75) is 6.54 Å². The van der Waals surface area contributed by atoms with Crippen molar-refractivity contribution in [1.82, 2.24) is 19.4 Å². The number of nitrogen functional groups attached to an aromatic ring is 1. The number of carbonyl (C=O) groups is 1. The molecule has 0 aliphatic rings. The monoisotopic (exact) mass is 260 g/mol. The van der Waals surface area contributed by atoms with Crippen molar-refractivity contribution in [3.05, 3.63) is 42.1 Å². The number of nitrogens with one attached hydrogen (secondary N) is 1. The second-order valence-corrected chi connectivity index (χ2v) is 4.19. The average Bonchev–Trinajstić information content (AvgIpc) is 2.83. The van der Waals surface area contributed by atoms with Gasteiger partial charge >= 0.3 is 0 Å². The molecule has 0 atom stereocenters. The van der Waals surface area contributed by atoms with E-state index in [1.54, 1.807) is 30.3 Å². The largest absolute Gasteiger partial charge is 0.337 e. The maximum atomic E-state index is 12.2. The minimum absolute atomic E-state index is 0.112. The van der Waals surface area contributed by atoms with Gasteiger partial charge in [0.15, 0.2) is 0 Å². The lowest BCUT2D eigenvalue weighted by atomic mass is 10.2. The van der Waals surface area contributed by atoms with E-state index in [1.165, 1.54) is 6.20 Å². The number of amides is 1. The van der Waals surface area contributed by atoms with Crippen LogP contribution in [0.5, 0.6) is 0 Å². The lowest BCUT2D eigenvalue weighted by Gasteiger charge is -2.16. The van der Waals surface area contributed by atoms with Crippen LogP contribution in [0.15, 0.2) is 30.7 Å². The first-order chi connectivity index (χ1) is 9.11. The van der Waals surface area contributed by atoms with Crippen LogP contribution in [0.3, 0.4) is 0 Å². The van der Waals surface area contributed by atoms with Gasteiger partial charge in [0.05, 0.1) is 12.1 Å². The zero-order valence-electron chi connectivity index (χ0n) is 10.9. The van der Waals surface area contributed by atoms with Gasteiger partial charge in [-0.1, -0.05) is 0 Å². The molecule has 0 fully saturated rings. The van der Waals surface area contributed by atoms with Crippen LogP contribution in [-0.2, 0) is 13.6 Å². The predicted molar refractivity (Wildman–Crippen MR) is 71.1 cm³/mol. The topological polar surface area (TPSA) is 89.1 Å². The number of hydrogen-bond donors (Lipinski definition) is 2. The van der Waals surface area contributed by atoms with E-state index in [0.717, 1.165) is 5.82 Å². The van der Waals surface area contributed by atoms with Crippen LogP contribution in [0.4, 0.5) is 5.82 Å². The van der Waals surface area contributed by atoms with Gasteiger partial charge in [0.25, 0.3) is 5.91 Å². The fraction of sp³-hybridized carbons (Fsp3) is 0.250. The molecule has 0 unspecified atom stereocenters. The van der Waals surface area contributed by atoms with Crippen LogP contribution in [0.25, 0.3) is 0 Å². The molecule has 0 aliphatic carbocycles. The van der Waals surface area contributed by atoms with Crippen molar-refractivity contribution in [2.24, 2.45) is 12.9 Å². The summed E-state index contributed by atoms with van der Waals surface area (Å²) >= 11 is 0. The highest BCUT2D eigenvalue weighted by atomic mass is 16.2. The van der Waals surface area contributed by atoms with E-state index in [0.29, 0.717) is 17.9 Å². The number of aryl methyl sites for hydroxylation is 1. The SMILES string of the molecule is CN(Cc1nccn1C)C(=O)c1ccc(NN)nc1. The molecular formula is C12H16N6O. The molecule has 2 aromatic heterocycles. The summed E-state index contributed by atoms with van der Waals surface area (Å²) in [4.78, 5) is 22.0. The van der Waals surface area contributed by atoms with Crippen LogP contribution in [0, 0.1) is 0 Å². The van der Waals surface area contributed by atoms with Crippen molar-refractivity contribution in [3.63, 3.8) is 0 Å². The molecule has 19 heavy (non-hydrogen) atoms. The normalized spacial score (nSPS) is 10.3. The molecule has 2 heterocycles. The summed E-state index contributed by atoms with van der Waals surface area (Å²) in [5.74, 6) is 6.45. The van der Waals surface area contributed by atoms with E-state index in [9.17, 15) is 4.79 Å². The van der Waals surface area contributed by atoms with Crippen molar-refractivity contribution in [3.8, 4) is 0 Å². The summed E-state index contributed by atoms with van der Waals surface area (Å²) < 4.78 is 1.88. The van der Waals surface area contributed by atoms with Gasteiger partial charge in [0.2, 0.25) is 0 Å². The van der Waals surface area contributed by atoms with Gasteiger partial charge in [-0.3, -0.25) is 4.79 Å². The first-order valence-corrected chi connectivity index (χ1v) is 5.76. The number of imidazole rings is 1. The first kappa shape index (κ1) is 13.0. The Morgan fingerprint density at radius 1 is 1.47 bits per heavy atom. The minimum Gasteiger partial charge on any atom is -0.337 e. The van der Waals surface area contributed by atoms with E-state index >= 15 is 0 Å². The Morgan fingerprint density at radius 2 is 2.26 bits per heavy atom. The summed E-state index contributed by atoms with van der Waals surface area (Å²) in [5, 5.41) is 0. The molecule has 0 radical (unpaired) electrons. The fourth-order valence-corrected chi connectivity index (χ4v) is 1.66. The number of hydrogen-bond acceptors (Lipinski definition) is 5. The highest BCUT2D eigenvalue weighted by molar-refractivity contribution is 5.93. The van der Waals surface area contributed by atoms with E-state index < -0.39 is 0 Å². The van der Waals surface area contributed by atoms with Gasteiger partial charge in [-0.25, -0.2) is 15.8 Å². The Morgan fingerprint density at radius 3 is 2.79 bits per heavy atom. The zero-order valence-corrected chi connectivity index (χ0v) is 10.9. The molecule has 0 saturated heterocycles. The maximum absolute atomic E-state index is 12.2. The Kier molecular flexibility index (Phi) is 3.76. The predicted octanol–water partition coefficient (Wildman–Crippen LogP) is 0.373. The van der Waals surface area contributed by atoms with Crippen LogP contribution >= 0.6 is 0 Å². The number of carbonyl (C=O) groups excluding carboxylic acids is 1. The average molecular weight is 260 g/mol. The molecule has 0 spiro atoms. The Labute approximate surface area is 111 Å². The second kappa shape index (κ2) is 5.49. The molecule has 7 heteroatoms. The summed E-state index contributed by atoms with van der Waals surface area (Å²) in [6.45, 7) is 0.444. The lowest BCUT2D eigenvalue weighted by molar-refractivity contribution is 0.0780. The number of hydrazine groups is 1. The van der Waals surface area contributed by atoms with Crippen molar-refractivity contribution in [1.29, 1.82) is 0 Å². The molecule has 2 aromatic rings. The van der Waals surface area contributed by atoms with Gasteiger partial charge in [-0.15, -0.1) is 0 Å². The number of rotatable bonds is 4. The minimum atomic E-state index is -0.112. The standard InChI is InChI=1S/C12H16N6O/c1-17-6-5-14-11(17)8-18(2)12(19)9-3-4-10(16-13)15-7-9/h3-7H,8,13H2,1-2H3,(H,15,16). The molecule has 0 bridgehead atoms. The maximum Gasteiger partial charge on any atom is 0.255 e. The molecular weight excluding hydrogens is 244 g/mol. The van der Waals surface area contributed by atoms with Gasteiger partial charge in [-0.05, 0) is 12.1 Å². The van der Waals surface area contributed by atoms with Crippen molar-refractivity contribution < 1.29 is 4.79 Å². The lowest BCUT2D eigenvalue weighted by Crippen LogP contribution is -2.27. The smallest absolute Gasteiger partial charge is 0.255 e. The van der Waals surface area contributed by atoms with E-state index in [2.05, 4.69) is 15.4 Å². The third kappa shape index (κ3) is 2.89. The fourth-order valence-electron chi connectivity index (χ4n) is 1.66. The number of anilines is 1. The highest BCUT2D eigenvalue weighted by Gasteiger charge is 2.14. The van der Waals surface area contributed by atoms with E-state index in [4.69, 9.17) is 5.84 Å². The molecule has 3 N–H and O–H groups in total. The third-order valence-corrected chi connectivity index (χ3v) is 2.80. The van der Waals surface area contributed by atoms with Gasteiger partial charge in [-0.2, -0.15) is 0 Å². The van der Waals surface area contributed by atoms with E-state index in [1.807, 2.05) is 17.8 Å². The van der Waals surface area contributed by atoms with Gasteiger partial charge in [0.1, 0.15) is 11.6 Å². The van der Waals surface area contributed by atoms with Crippen molar-refractivity contribution >= 4 is 11.7 Å². The summed E-state index contributed by atoms with van der Waals surface area (Å²) in [5.41, 5.74) is 2.93. The zero-order chi connectivity index (χ0) is 13.8. The number of nitrogens with zero attached hydrogens (tertiary/aromatic N) is 4. The third-order valence-electron chi connectivity index (χ3n) is 2.80. The Balaban J connectivity index is 2.08. The molecule has 0 saturated carbocycles. The van der Waals surface area contributed by atoms with Crippen LogP contribution in [0.1, 0.15) is 16.2 Å². The molecule has 1 amide bonds. The number of nitrogens with two attached hydrogens (primary N) is 1. The van der Waals surface area contributed by atoms with E-state index in [-0.39, 0.29) is 5.91 Å². The number of pyridine rings is 1. The second-order valence-electron chi connectivity index (χ2n) is 4.19. The Bertz CT molecular complexity index is 562. The number of aromatic nitrogens is 3. The molecule has 2 rings (SSSR count). The van der Waals surface area contributed by atoms with Crippen LogP contribution in [-0.4, -0.2) is 32.4 Å². The molecule has 100 valence electrons. The quantitative estimate of drug-likeness (QED) is 0.612. The summed E-state index contributed by atoms with van der Waals surface area (Å²) in [6.07, 6.45) is 5.04. The molecule has 0 aromatic carbocycles. The summed E-state index contributed by atoms with van der Waals surface area (Å²) in [6, 6.07) is 3.33.